The predicted octanol–water partition coefficient (Wildman–Crippen LogP) is 2.52. The van der Waals surface area contributed by atoms with Crippen molar-refractivity contribution in [2.24, 2.45) is 5.10 Å². The molecule has 8 nitrogen and oxygen atoms in total. The lowest BCUT2D eigenvalue weighted by Crippen LogP contribution is -2.37. The summed E-state index contributed by atoms with van der Waals surface area (Å²) in [6, 6.07) is 3.70. The first-order valence-corrected chi connectivity index (χ1v) is 9.26. The average molecular weight is 487 g/mol. The van der Waals surface area contributed by atoms with Gasteiger partial charge in [-0.25, -0.2) is 14.8 Å². The summed E-state index contributed by atoms with van der Waals surface area (Å²) >= 11 is 2.16. The molecule has 3 rings (SSSR count). The van der Waals surface area contributed by atoms with E-state index in [1.165, 1.54) is 0 Å². The van der Waals surface area contributed by atoms with E-state index in [2.05, 4.69) is 43.1 Å². The molecule has 1 fully saturated rings. The first-order chi connectivity index (χ1) is 13.1. The van der Waals surface area contributed by atoms with E-state index in [9.17, 15) is 4.39 Å². The molecule has 1 aliphatic rings. The molecule has 0 bridgehead atoms. The highest BCUT2D eigenvalue weighted by Gasteiger charge is 2.17. The molecule has 2 aromatic rings. The van der Waals surface area contributed by atoms with Gasteiger partial charge >= 0.3 is 0 Å². The van der Waals surface area contributed by atoms with Crippen LogP contribution in [0.1, 0.15) is 5.56 Å². The van der Waals surface area contributed by atoms with Gasteiger partial charge < -0.3 is 19.1 Å². The fourth-order valence-electron chi connectivity index (χ4n) is 2.59. The molecule has 27 heavy (non-hydrogen) atoms. The van der Waals surface area contributed by atoms with Gasteiger partial charge in [0.2, 0.25) is 5.95 Å². The molecular formula is C17H19FIN5O3. The van der Waals surface area contributed by atoms with E-state index < -0.39 is 5.82 Å². The Hall–Kier alpha value is -2.21. The van der Waals surface area contributed by atoms with Gasteiger partial charge in [0.05, 0.1) is 43.4 Å². The van der Waals surface area contributed by atoms with Crippen molar-refractivity contribution >= 4 is 40.6 Å². The second kappa shape index (κ2) is 9.13. The number of morpholine rings is 1. The molecule has 1 N–H and O–H groups in total. The number of aromatic nitrogens is 2. The van der Waals surface area contributed by atoms with Crippen LogP contribution in [-0.4, -0.2) is 56.7 Å². The smallest absolute Gasteiger partial charge is 0.245 e. The summed E-state index contributed by atoms with van der Waals surface area (Å²) in [5.74, 6) is 1.26. The number of halogens is 2. The average Bonchev–Trinajstić information content (AvgIpc) is 2.69. The van der Waals surface area contributed by atoms with Crippen LogP contribution in [-0.2, 0) is 4.74 Å². The van der Waals surface area contributed by atoms with Gasteiger partial charge in [0, 0.05) is 13.1 Å². The van der Waals surface area contributed by atoms with Crippen LogP contribution in [0.3, 0.4) is 0 Å². The summed E-state index contributed by atoms with van der Waals surface area (Å²) in [6.45, 7) is 2.26. The van der Waals surface area contributed by atoms with Crippen molar-refractivity contribution in [3.8, 4) is 11.5 Å². The number of nitrogens with zero attached hydrogens (tertiary/aromatic N) is 4. The van der Waals surface area contributed by atoms with Gasteiger partial charge in [-0.2, -0.15) is 10.1 Å². The molecule has 1 saturated heterocycles. The number of hydrogen-bond donors (Lipinski definition) is 1. The number of hydrogen-bond acceptors (Lipinski definition) is 8. The Kier molecular flexibility index (Phi) is 6.61. The third-order valence-electron chi connectivity index (χ3n) is 3.87. The first-order valence-electron chi connectivity index (χ1n) is 8.18. The minimum atomic E-state index is -0.471. The van der Waals surface area contributed by atoms with E-state index in [1.54, 1.807) is 26.5 Å². The lowest BCUT2D eigenvalue weighted by atomic mass is 10.2. The Labute approximate surface area is 169 Å². The van der Waals surface area contributed by atoms with Gasteiger partial charge in [-0.15, -0.1) is 0 Å². The van der Waals surface area contributed by atoms with Crippen LogP contribution in [0.2, 0.25) is 0 Å². The molecule has 0 radical (unpaired) electrons. The van der Waals surface area contributed by atoms with Gasteiger partial charge in [-0.3, -0.25) is 0 Å². The highest BCUT2D eigenvalue weighted by atomic mass is 127. The molecule has 1 aromatic heterocycles. The van der Waals surface area contributed by atoms with E-state index >= 15 is 0 Å². The van der Waals surface area contributed by atoms with Crippen LogP contribution < -0.4 is 19.8 Å². The van der Waals surface area contributed by atoms with Crippen molar-refractivity contribution in [3.05, 3.63) is 33.3 Å². The third-order valence-corrected chi connectivity index (χ3v) is 4.67. The van der Waals surface area contributed by atoms with Gasteiger partial charge in [-0.1, -0.05) is 0 Å². The van der Waals surface area contributed by atoms with Crippen molar-refractivity contribution in [2.75, 3.05) is 50.8 Å². The maximum Gasteiger partial charge on any atom is 0.245 e. The number of anilines is 2. The summed E-state index contributed by atoms with van der Waals surface area (Å²) in [5, 5.41) is 4.13. The molecular weight excluding hydrogens is 468 g/mol. The van der Waals surface area contributed by atoms with E-state index in [0.717, 1.165) is 15.3 Å². The van der Waals surface area contributed by atoms with E-state index in [0.29, 0.717) is 37.8 Å². The van der Waals surface area contributed by atoms with Crippen LogP contribution in [0.5, 0.6) is 11.5 Å². The molecule has 0 atom stereocenters. The molecule has 144 valence electrons. The van der Waals surface area contributed by atoms with Crippen molar-refractivity contribution < 1.29 is 18.6 Å². The molecule has 1 aliphatic heterocycles. The Balaban J connectivity index is 1.74. The van der Waals surface area contributed by atoms with E-state index in [4.69, 9.17) is 14.2 Å². The Morgan fingerprint density at radius 3 is 2.78 bits per heavy atom. The van der Waals surface area contributed by atoms with Crippen molar-refractivity contribution in [1.29, 1.82) is 0 Å². The summed E-state index contributed by atoms with van der Waals surface area (Å²) in [5.41, 5.74) is 3.54. The zero-order chi connectivity index (χ0) is 19.2. The summed E-state index contributed by atoms with van der Waals surface area (Å²) < 4.78 is 30.9. The van der Waals surface area contributed by atoms with Crippen LogP contribution in [0.4, 0.5) is 16.2 Å². The second-order valence-corrected chi connectivity index (χ2v) is 6.74. The van der Waals surface area contributed by atoms with Crippen molar-refractivity contribution in [2.45, 2.75) is 0 Å². The Morgan fingerprint density at radius 2 is 2.07 bits per heavy atom. The molecule has 0 spiro atoms. The number of benzene rings is 1. The zero-order valence-corrected chi connectivity index (χ0v) is 17.1. The summed E-state index contributed by atoms with van der Waals surface area (Å²) in [7, 11) is 3.17. The predicted molar refractivity (Wildman–Crippen MR) is 109 cm³/mol. The molecule has 10 heteroatoms. The number of hydrazone groups is 1. The summed E-state index contributed by atoms with van der Waals surface area (Å²) in [6.07, 6.45) is 2.74. The van der Waals surface area contributed by atoms with Gasteiger partial charge in [0.15, 0.2) is 23.1 Å². The maximum atomic E-state index is 14.0. The van der Waals surface area contributed by atoms with Crippen LogP contribution in [0.15, 0.2) is 23.4 Å². The van der Waals surface area contributed by atoms with Gasteiger partial charge in [0.1, 0.15) is 0 Å². The van der Waals surface area contributed by atoms with Gasteiger partial charge in [0.25, 0.3) is 0 Å². The minimum Gasteiger partial charge on any atom is -0.493 e. The van der Waals surface area contributed by atoms with Crippen LogP contribution in [0.25, 0.3) is 0 Å². The highest BCUT2D eigenvalue weighted by molar-refractivity contribution is 14.1. The van der Waals surface area contributed by atoms with E-state index in [-0.39, 0.29) is 11.8 Å². The second-order valence-electron chi connectivity index (χ2n) is 5.57. The normalized spacial score (nSPS) is 14.4. The van der Waals surface area contributed by atoms with Gasteiger partial charge in [-0.05, 0) is 40.3 Å². The molecule has 0 aliphatic carbocycles. The number of ether oxygens (including phenoxy) is 3. The first kappa shape index (κ1) is 19.5. The highest BCUT2D eigenvalue weighted by Crippen LogP contribution is 2.33. The van der Waals surface area contributed by atoms with E-state index in [1.807, 2.05) is 11.0 Å². The number of rotatable bonds is 6. The zero-order valence-electron chi connectivity index (χ0n) is 14.9. The maximum absolute atomic E-state index is 14.0. The molecule has 0 saturated carbocycles. The molecule has 1 aromatic carbocycles. The van der Waals surface area contributed by atoms with Crippen LogP contribution >= 0.6 is 22.6 Å². The number of methoxy groups -OCH3 is 2. The summed E-state index contributed by atoms with van der Waals surface area (Å²) in [4.78, 5) is 9.97. The van der Waals surface area contributed by atoms with Crippen molar-refractivity contribution in [3.63, 3.8) is 0 Å². The Morgan fingerprint density at radius 1 is 1.30 bits per heavy atom. The molecule has 0 unspecified atom stereocenters. The topological polar surface area (TPSA) is 81.1 Å². The fourth-order valence-corrected chi connectivity index (χ4v) is 3.43. The molecule has 2 heterocycles. The standard InChI is InChI=1S/C17H19FIN5O3/c1-25-14-8-11(7-13(19)15(14)26-2)9-21-23-17-20-10-12(18)16(22-17)24-3-5-27-6-4-24/h7-10H,3-6H2,1-2H3,(H,20,22,23)/b21-9-. The minimum absolute atomic E-state index is 0.212. The number of nitrogens with one attached hydrogen (secondary N) is 1. The largest absolute Gasteiger partial charge is 0.493 e. The Bertz CT molecular complexity index is 830. The SMILES string of the molecule is COc1cc(/C=N\Nc2ncc(F)c(N3CCOCC3)n2)cc(I)c1OC. The van der Waals surface area contributed by atoms with Crippen LogP contribution in [0, 0.1) is 9.39 Å². The lowest BCUT2D eigenvalue weighted by Gasteiger charge is -2.27. The third kappa shape index (κ3) is 4.75. The molecule has 0 amide bonds. The van der Waals surface area contributed by atoms with Crippen molar-refractivity contribution in [1.82, 2.24) is 9.97 Å². The quantitative estimate of drug-likeness (QED) is 0.381. The lowest BCUT2D eigenvalue weighted by molar-refractivity contribution is 0.122. The fraction of sp³-hybridized carbons (Fsp3) is 0.353. The monoisotopic (exact) mass is 487 g/mol.